The zero-order chi connectivity index (χ0) is 14.3. The van der Waals surface area contributed by atoms with Crippen LogP contribution in [0.25, 0.3) is 0 Å². The molecule has 0 atom stereocenters. The number of halogens is 1. The minimum atomic E-state index is -3.60. The van der Waals surface area contributed by atoms with Crippen molar-refractivity contribution in [2.45, 2.75) is 24.7 Å². The number of nitrogen functional groups attached to an aromatic ring is 1. The van der Waals surface area contributed by atoms with Crippen molar-refractivity contribution in [1.82, 2.24) is 9.71 Å². The first-order valence-electron chi connectivity index (χ1n) is 5.96. The molecule has 8 heteroatoms. The quantitative estimate of drug-likeness (QED) is 0.708. The minimum absolute atomic E-state index is 0.00109. The van der Waals surface area contributed by atoms with Crippen LogP contribution in [-0.4, -0.2) is 33.2 Å². The molecule has 0 radical (unpaired) electrons. The molecule has 0 aliphatic heterocycles. The summed E-state index contributed by atoms with van der Waals surface area (Å²) in [6.45, 7) is 3.52. The third kappa shape index (κ3) is 5.32. The smallest absolute Gasteiger partial charge is 0.242 e. The van der Waals surface area contributed by atoms with Gasteiger partial charge in [0, 0.05) is 26.0 Å². The molecule has 0 aliphatic rings. The molecule has 1 aromatic heterocycles. The largest absolute Gasteiger partial charge is 0.382 e. The molecule has 0 saturated carbocycles. The van der Waals surface area contributed by atoms with Crippen LogP contribution in [0, 0.1) is 0 Å². The van der Waals surface area contributed by atoms with E-state index in [0.29, 0.717) is 26.2 Å². The first kappa shape index (κ1) is 16.2. The molecule has 19 heavy (non-hydrogen) atoms. The van der Waals surface area contributed by atoms with Gasteiger partial charge < -0.3 is 10.5 Å². The Morgan fingerprint density at radius 1 is 1.47 bits per heavy atom. The summed E-state index contributed by atoms with van der Waals surface area (Å²) in [4.78, 5) is 3.72. The second kappa shape index (κ2) is 7.64. The number of nitrogens with zero attached hydrogens (tertiary/aromatic N) is 1. The van der Waals surface area contributed by atoms with Gasteiger partial charge in [0.05, 0.1) is 5.02 Å². The van der Waals surface area contributed by atoms with E-state index in [1.54, 1.807) is 0 Å². The minimum Gasteiger partial charge on any atom is -0.382 e. The van der Waals surface area contributed by atoms with Gasteiger partial charge in [-0.25, -0.2) is 18.1 Å². The lowest BCUT2D eigenvalue weighted by Gasteiger charge is -2.07. The van der Waals surface area contributed by atoms with Gasteiger partial charge in [-0.2, -0.15) is 0 Å². The number of anilines is 1. The highest BCUT2D eigenvalue weighted by Gasteiger charge is 2.15. The van der Waals surface area contributed by atoms with Crippen LogP contribution in [0.15, 0.2) is 17.2 Å². The van der Waals surface area contributed by atoms with E-state index in [1.165, 1.54) is 12.3 Å². The number of rotatable bonds is 8. The molecule has 1 aromatic rings. The lowest BCUT2D eigenvalue weighted by molar-refractivity contribution is 0.133. The first-order chi connectivity index (χ1) is 8.97. The zero-order valence-corrected chi connectivity index (χ0v) is 12.3. The predicted octanol–water partition coefficient (Wildman–Crippen LogP) is 1.41. The van der Waals surface area contributed by atoms with Crippen LogP contribution in [0.5, 0.6) is 0 Å². The van der Waals surface area contributed by atoms with E-state index >= 15 is 0 Å². The maximum Gasteiger partial charge on any atom is 0.242 e. The molecule has 0 unspecified atom stereocenters. The highest BCUT2D eigenvalue weighted by atomic mass is 35.5. The molecule has 108 valence electrons. The highest BCUT2D eigenvalue weighted by molar-refractivity contribution is 7.89. The number of nitrogens with one attached hydrogen (secondary N) is 1. The number of nitrogens with two attached hydrogens (primary N) is 1. The van der Waals surface area contributed by atoms with Gasteiger partial charge >= 0.3 is 0 Å². The number of aromatic nitrogens is 1. The molecule has 0 bridgehead atoms. The Labute approximate surface area is 118 Å². The van der Waals surface area contributed by atoms with E-state index < -0.39 is 10.0 Å². The van der Waals surface area contributed by atoms with Crippen molar-refractivity contribution in [3.8, 4) is 0 Å². The highest BCUT2D eigenvalue weighted by Crippen LogP contribution is 2.19. The molecule has 0 spiro atoms. The second-order valence-electron chi connectivity index (χ2n) is 3.90. The van der Waals surface area contributed by atoms with E-state index in [0.717, 1.165) is 6.42 Å². The summed E-state index contributed by atoms with van der Waals surface area (Å²) >= 11 is 5.74. The Hall–Kier alpha value is -0.890. The maximum atomic E-state index is 11.9. The van der Waals surface area contributed by atoms with Gasteiger partial charge in [-0.3, -0.25) is 0 Å². The Morgan fingerprint density at radius 2 is 2.21 bits per heavy atom. The second-order valence-corrected chi connectivity index (χ2v) is 6.08. The van der Waals surface area contributed by atoms with Gasteiger partial charge in [-0.05, 0) is 18.9 Å². The number of hydrogen-bond acceptors (Lipinski definition) is 5. The van der Waals surface area contributed by atoms with Crippen molar-refractivity contribution < 1.29 is 13.2 Å². The van der Waals surface area contributed by atoms with E-state index in [9.17, 15) is 8.42 Å². The van der Waals surface area contributed by atoms with Crippen LogP contribution in [0.1, 0.15) is 19.8 Å². The van der Waals surface area contributed by atoms with Crippen molar-refractivity contribution in [1.29, 1.82) is 0 Å². The summed E-state index contributed by atoms with van der Waals surface area (Å²) in [6, 6.07) is 1.28. The average Bonchev–Trinajstić information content (AvgIpc) is 2.36. The van der Waals surface area contributed by atoms with E-state index in [-0.39, 0.29) is 15.7 Å². The molecule has 0 fully saturated rings. The summed E-state index contributed by atoms with van der Waals surface area (Å²) in [6.07, 6.45) is 2.73. The molecule has 0 saturated heterocycles. The Balaban J connectivity index is 2.49. The van der Waals surface area contributed by atoms with Crippen molar-refractivity contribution in [3.63, 3.8) is 0 Å². The topological polar surface area (TPSA) is 94.3 Å². The van der Waals surface area contributed by atoms with Crippen molar-refractivity contribution >= 4 is 27.4 Å². The monoisotopic (exact) mass is 307 g/mol. The fourth-order valence-corrected chi connectivity index (χ4v) is 2.56. The van der Waals surface area contributed by atoms with Crippen LogP contribution in [0.3, 0.4) is 0 Å². The zero-order valence-electron chi connectivity index (χ0n) is 10.7. The Kier molecular flexibility index (Phi) is 6.50. The van der Waals surface area contributed by atoms with Crippen molar-refractivity contribution in [3.05, 3.63) is 17.3 Å². The Morgan fingerprint density at radius 3 is 2.84 bits per heavy atom. The molecule has 1 heterocycles. The van der Waals surface area contributed by atoms with Crippen molar-refractivity contribution in [2.75, 3.05) is 25.5 Å². The predicted molar refractivity (Wildman–Crippen MR) is 74.6 cm³/mol. The molecular formula is C11H18ClN3O3S. The molecule has 0 aromatic carbocycles. The number of pyridine rings is 1. The first-order valence-corrected chi connectivity index (χ1v) is 7.82. The summed E-state index contributed by atoms with van der Waals surface area (Å²) in [7, 11) is -3.60. The molecule has 0 aliphatic carbocycles. The van der Waals surface area contributed by atoms with Crippen LogP contribution in [-0.2, 0) is 14.8 Å². The summed E-state index contributed by atoms with van der Waals surface area (Å²) in [5.41, 5.74) is 5.43. The van der Waals surface area contributed by atoms with Gasteiger partial charge in [0.1, 0.15) is 10.7 Å². The molecule has 3 N–H and O–H groups in total. The van der Waals surface area contributed by atoms with E-state index in [4.69, 9.17) is 22.1 Å². The van der Waals surface area contributed by atoms with Crippen LogP contribution >= 0.6 is 11.6 Å². The summed E-state index contributed by atoms with van der Waals surface area (Å²) in [5, 5.41) is 0.120. The van der Waals surface area contributed by atoms with Gasteiger partial charge in [0.15, 0.2) is 0 Å². The van der Waals surface area contributed by atoms with Crippen LogP contribution in [0.4, 0.5) is 5.82 Å². The third-order valence-corrected chi connectivity index (χ3v) is 3.99. The van der Waals surface area contributed by atoms with Gasteiger partial charge in [-0.15, -0.1) is 0 Å². The average molecular weight is 308 g/mol. The number of sulfonamides is 1. The number of hydrogen-bond donors (Lipinski definition) is 2. The van der Waals surface area contributed by atoms with Gasteiger partial charge in [-0.1, -0.05) is 18.5 Å². The van der Waals surface area contributed by atoms with Gasteiger partial charge in [0.2, 0.25) is 10.0 Å². The molecule has 1 rings (SSSR count). The van der Waals surface area contributed by atoms with Crippen molar-refractivity contribution in [2.24, 2.45) is 0 Å². The fraction of sp³-hybridized carbons (Fsp3) is 0.545. The van der Waals surface area contributed by atoms with Gasteiger partial charge in [0.25, 0.3) is 0 Å². The standard InChI is InChI=1S/C11H18ClN3O3S/c1-2-5-18-6-3-4-15-19(16,17)9-7-10(12)11(13)14-8-9/h7-8,15H,2-6H2,1H3,(H2,13,14). The maximum absolute atomic E-state index is 11.9. The summed E-state index contributed by atoms with van der Waals surface area (Å²) < 4.78 is 31.5. The van der Waals surface area contributed by atoms with Crippen LogP contribution < -0.4 is 10.5 Å². The van der Waals surface area contributed by atoms with E-state index in [1.807, 2.05) is 6.92 Å². The Bertz CT molecular complexity index is 508. The SMILES string of the molecule is CCCOCCCNS(=O)(=O)c1cnc(N)c(Cl)c1. The van der Waals surface area contributed by atoms with Crippen LogP contribution in [0.2, 0.25) is 5.02 Å². The summed E-state index contributed by atoms with van der Waals surface area (Å²) in [5.74, 6) is 0.105. The third-order valence-electron chi connectivity index (χ3n) is 2.26. The number of ether oxygens (including phenoxy) is 1. The lowest BCUT2D eigenvalue weighted by Crippen LogP contribution is -2.25. The normalized spacial score (nSPS) is 11.7. The lowest BCUT2D eigenvalue weighted by atomic mass is 10.4. The molecule has 6 nitrogen and oxygen atoms in total. The molecule has 0 amide bonds. The van der Waals surface area contributed by atoms with E-state index in [2.05, 4.69) is 9.71 Å². The fourth-order valence-electron chi connectivity index (χ4n) is 1.29. The molecular weight excluding hydrogens is 290 g/mol.